The molecule has 0 saturated carbocycles. The van der Waals surface area contributed by atoms with Crippen molar-refractivity contribution < 1.29 is 19.7 Å². The third-order valence-electron chi connectivity index (χ3n) is 4.11. The lowest BCUT2D eigenvalue weighted by Crippen LogP contribution is -2.23. The molecule has 0 amide bonds. The smallest absolute Gasteiger partial charge is 0.312 e. The molecule has 3 atom stereocenters. The topological polar surface area (TPSA) is 66.8 Å². The molecule has 0 unspecified atom stereocenters. The van der Waals surface area contributed by atoms with Crippen molar-refractivity contribution >= 4 is 5.97 Å². The Bertz CT molecular complexity index is 397. The lowest BCUT2D eigenvalue weighted by molar-refractivity contribution is -0.143. The van der Waals surface area contributed by atoms with Gasteiger partial charge < -0.3 is 14.9 Å². The molecule has 4 nitrogen and oxygen atoms in total. The van der Waals surface area contributed by atoms with Crippen molar-refractivity contribution in [3.05, 3.63) is 23.3 Å². The maximum atomic E-state index is 11.8. The summed E-state index contributed by atoms with van der Waals surface area (Å²) in [6.07, 6.45) is 7.23. The number of ether oxygens (including phenoxy) is 1. The molecule has 0 bridgehead atoms. The van der Waals surface area contributed by atoms with Crippen LogP contribution in [0.2, 0.25) is 0 Å². The van der Waals surface area contributed by atoms with Crippen LogP contribution in [0.3, 0.4) is 0 Å². The van der Waals surface area contributed by atoms with Crippen LogP contribution >= 0.6 is 0 Å². The number of fused-ring (bicyclic) bond motifs is 1. The quantitative estimate of drug-likeness (QED) is 0.588. The van der Waals surface area contributed by atoms with E-state index in [0.29, 0.717) is 0 Å². The highest BCUT2D eigenvalue weighted by Crippen LogP contribution is 2.35. The molecule has 1 fully saturated rings. The van der Waals surface area contributed by atoms with Crippen molar-refractivity contribution in [1.29, 1.82) is 0 Å². The van der Waals surface area contributed by atoms with Gasteiger partial charge in [-0.15, -0.1) is 0 Å². The van der Waals surface area contributed by atoms with Crippen molar-refractivity contribution in [2.75, 3.05) is 13.2 Å². The molecule has 106 valence electrons. The molecule has 2 N–H and O–H groups in total. The van der Waals surface area contributed by atoms with Crippen LogP contribution in [0.5, 0.6) is 0 Å². The first kappa shape index (κ1) is 14.3. The van der Waals surface area contributed by atoms with Gasteiger partial charge in [0.05, 0.1) is 19.1 Å². The highest BCUT2D eigenvalue weighted by atomic mass is 16.6. The Morgan fingerprint density at radius 3 is 2.84 bits per heavy atom. The zero-order chi connectivity index (χ0) is 13.8. The minimum atomic E-state index is -0.423. The molecule has 1 saturated heterocycles. The summed E-state index contributed by atoms with van der Waals surface area (Å²) >= 11 is 0. The second-order valence-electron chi connectivity index (χ2n) is 5.47. The normalized spacial score (nSPS) is 37.6. The van der Waals surface area contributed by atoms with Crippen LogP contribution in [0, 0.1) is 11.8 Å². The number of allylic oxidation sites excluding steroid dienone is 2. The third kappa shape index (κ3) is 3.25. The summed E-state index contributed by atoms with van der Waals surface area (Å²) < 4.78 is 5.38. The number of aliphatic hydroxyl groups is 2. The van der Waals surface area contributed by atoms with E-state index in [1.54, 1.807) is 0 Å². The van der Waals surface area contributed by atoms with Crippen molar-refractivity contribution in [2.24, 2.45) is 11.8 Å². The molecular formula is C15H22O4. The fraction of sp³-hybridized carbons (Fsp3) is 0.667. The van der Waals surface area contributed by atoms with Crippen LogP contribution in [-0.2, 0) is 9.53 Å². The molecule has 0 aromatic carbocycles. The first-order valence-electron chi connectivity index (χ1n) is 6.93. The van der Waals surface area contributed by atoms with Gasteiger partial charge in [-0.1, -0.05) is 11.6 Å². The first-order valence-corrected chi connectivity index (χ1v) is 6.93. The van der Waals surface area contributed by atoms with Crippen LogP contribution in [0.25, 0.3) is 0 Å². The molecule has 4 heteroatoms. The van der Waals surface area contributed by atoms with Gasteiger partial charge in [0.15, 0.2) is 0 Å². The molecule has 0 aromatic rings. The fourth-order valence-electron chi connectivity index (χ4n) is 2.91. The molecule has 0 aromatic heterocycles. The van der Waals surface area contributed by atoms with Gasteiger partial charge in [0, 0.05) is 5.92 Å². The van der Waals surface area contributed by atoms with Gasteiger partial charge in [0.2, 0.25) is 0 Å². The maximum Gasteiger partial charge on any atom is 0.312 e. The number of esters is 1. The summed E-state index contributed by atoms with van der Waals surface area (Å²) in [5, 5.41) is 18.7. The van der Waals surface area contributed by atoms with Crippen LogP contribution in [0.15, 0.2) is 23.3 Å². The molecular weight excluding hydrogens is 244 g/mol. The monoisotopic (exact) mass is 266 g/mol. The molecule has 1 heterocycles. The highest BCUT2D eigenvalue weighted by Gasteiger charge is 2.42. The summed E-state index contributed by atoms with van der Waals surface area (Å²) in [7, 11) is 0. The zero-order valence-corrected chi connectivity index (χ0v) is 11.3. The molecule has 1 aliphatic carbocycles. The van der Waals surface area contributed by atoms with Gasteiger partial charge in [0.1, 0.15) is 6.10 Å². The van der Waals surface area contributed by atoms with E-state index in [1.807, 2.05) is 13.0 Å². The summed E-state index contributed by atoms with van der Waals surface area (Å²) in [5.41, 5.74) is 2.21. The number of hydrogen-bond acceptors (Lipinski definition) is 4. The van der Waals surface area contributed by atoms with Crippen LogP contribution in [0.4, 0.5) is 0 Å². The largest absolute Gasteiger partial charge is 0.458 e. The van der Waals surface area contributed by atoms with Gasteiger partial charge in [0.25, 0.3) is 0 Å². The molecule has 2 rings (SSSR count). The number of carbonyl (C=O) groups is 1. The molecule has 0 spiro atoms. The summed E-state index contributed by atoms with van der Waals surface area (Å²) in [6, 6.07) is 0. The Morgan fingerprint density at radius 1 is 1.37 bits per heavy atom. The average molecular weight is 266 g/mol. The van der Waals surface area contributed by atoms with E-state index in [9.17, 15) is 15.0 Å². The van der Waals surface area contributed by atoms with Crippen molar-refractivity contribution in [3.8, 4) is 0 Å². The number of hydrogen-bond donors (Lipinski definition) is 2. The van der Waals surface area contributed by atoms with Crippen molar-refractivity contribution in [1.82, 2.24) is 0 Å². The van der Waals surface area contributed by atoms with E-state index in [0.717, 1.165) is 31.3 Å². The molecule has 1 aliphatic heterocycles. The zero-order valence-electron chi connectivity index (χ0n) is 11.3. The fourth-order valence-corrected chi connectivity index (χ4v) is 2.91. The molecule has 0 radical (unpaired) electrons. The SMILES string of the molecule is C/C1=C\[C@H]2OC(=O)[C@H](CO)[C@@H]2CC/C(CO)=C\CC1. The summed E-state index contributed by atoms with van der Waals surface area (Å²) in [5.74, 6) is -0.704. The van der Waals surface area contributed by atoms with E-state index in [-0.39, 0.29) is 31.2 Å². The van der Waals surface area contributed by atoms with E-state index in [2.05, 4.69) is 6.08 Å². The standard InChI is InChI=1S/C15H22O4/c1-10-3-2-4-11(8-16)5-6-12-13(9-17)15(18)19-14(12)7-10/h4,7,12-14,16-17H,2-3,5-6,8-9H2,1H3/b10-7+,11-4+/t12-,13+,14+/m0/s1. The van der Waals surface area contributed by atoms with Gasteiger partial charge in [-0.2, -0.15) is 0 Å². The van der Waals surface area contributed by atoms with Crippen LogP contribution in [0.1, 0.15) is 32.6 Å². The Balaban J connectivity index is 2.21. The summed E-state index contributed by atoms with van der Waals surface area (Å²) in [6.45, 7) is 1.94. The minimum absolute atomic E-state index is 0.0144. The lowest BCUT2D eigenvalue weighted by Gasteiger charge is -2.20. The van der Waals surface area contributed by atoms with Crippen molar-refractivity contribution in [2.45, 2.75) is 38.7 Å². The summed E-state index contributed by atoms with van der Waals surface area (Å²) in [4.78, 5) is 11.8. The second kappa shape index (κ2) is 6.35. The van der Waals surface area contributed by atoms with Gasteiger partial charge in [-0.05, 0) is 44.3 Å². The number of carbonyl (C=O) groups excluding carboxylic acids is 1. The van der Waals surface area contributed by atoms with E-state index in [1.165, 1.54) is 5.57 Å². The van der Waals surface area contributed by atoms with Crippen LogP contribution < -0.4 is 0 Å². The molecule has 19 heavy (non-hydrogen) atoms. The lowest BCUT2D eigenvalue weighted by atomic mass is 9.84. The predicted octanol–water partition coefficient (Wildman–Crippen LogP) is 1.58. The first-order chi connectivity index (χ1) is 9.15. The number of rotatable bonds is 2. The van der Waals surface area contributed by atoms with Crippen LogP contribution in [-0.4, -0.2) is 35.5 Å². The van der Waals surface area contributed by atoms with E-state index in [4.69, 9.17) is 4.74 Å². The number of aliphatic hydroxyl groups excluding tert-OH is 2. The molecule has 2 aliphatic rings. The van der Waals surface area contributed by atoms with Gasteiger partial charge >= 0.3 is 5.97 Å². The Kier molecular flexibility index (Phi) is 4.77. The van der Waals surface area contributed by atoms with Crippen molar-refractivity contribution in [3.63, 3.8) is 0 Å². The second-order valence-corrected chi connectivity index (χ2v) is 5.47. The Hall–Kier alpha value is -1.13. The maximum absolute atomic E-state index is 11.8. The predicted molar refractivity (Wildman–Crippen MR) is 71.3 cm³/mol. The Labute approximate surface area is 113 Å². The minimum Gasteiger partial charge on any atom is -0.458 e. The van der Waals surface area contributed by atoms with Gasteiger partial charge in [-0.3, -0.25) is 4.79 Å². The highest BCUT2D eigenvalue weighted by molar-refractivity contribution is 5.75. The Morgan fingerprint density at radius 2 is 2.16 bits per heavy atom. The average Bonchev–Trinajstić information content (AvgIpc) is 2.68. The van der Waals surface area contributed by atoms with E-state index >= 15 is 0 Å². The third-order valence-corrected chi connectivity index (χ3v) is 4.11. The van der Waals surface area contributed by atoms with E-state index < -0.39 is 5.92 Å². The van der Waals surface area contributed by atoms with Gasteiger partial charge in [-0.25, -0.2) is 0 Å².